The number of hydrogen-bond acceptors (Lipinski definition) is 8. The van der Waals surface area contributed by atoms with Gasteiger partial charge in [-0.25, -0.2) is 9.59 Å². The van der Waals surface area contributed by atoms with Crippen molar-refractivity contribution in [3.05, 3.63) is 126 Å². The van der Waals surface area contributed by atoms with Crippen molar-refractivity contribution in [2.24, 2.45) is 0 Å². The molecule has 0 fully saturated rings. The number of rotatable bonds is 9. The van der Waals surface area contributed by atoms with Crippen LogP contribution in [-0.2, 0) is 19.5 Å². The number of nitrogens with zero attached hydrogens (tertiary/aromatic N) is 3. The number of aryl methyl sites for hydroxylation is 2. The standard InChI is InChI=1S/C33H28N4O6S.K.H/c1-4-23-16-26-30(39)36(18-27(38)22-13-14-28(42-3)19(2)15-22)33(41)37(31(26)44-23)17-20-9-11-21(12-10-20)24-7-5-6-8-25(24)29-34-32(40)43-35-29;;/h5-16H,4,17-18H2,1-3H3,(H,34,35,40);;/q;+1;-1. The molecule has 0 aliphatic carbocycles. The Kier molecular flexibility index (Phi) is 10.0. The molecule has 0 atom stereocenters. The van der Waals surface area contributed by atoms with Crippen LogP contribution in [0.3, 0.4) is 0 Å². The first-order valence-electron chi connectivity index (χ1n) is 14.0. The molecule has 45 heavy (non-hydrogen) atoms. The maximum Gasteiger partial charge on any atom is 1.00 e. The Morgan fingerprint density at radius 3 is 2.38 bits per heavy atom. The summed E-state index contributed by atoms with van der Waals surface area (Å²) in [6.07, 6.45) is 0.710. The largest absolute Gasteiger partial charge is 1.00 e. The second-order valence-electron chi connectivity index (χ2n) is 10.3. The molecule has 0 aliphatic rings. The molecule has 0 spiro atoms. The molecular formula is C33H29KN4O6S. The van der Waals surface area contributed by atoms with Gasteiger partial charge in [0.15, 0.2) is 11.6 Å². The Morgan fingerprint density at radius 1 is 1.00 bits per heavy atom. The van der Waals surface area contributed by atoms with E-state index < -0.39 is 17.0 Å². The van der Waals surface area contributed by atoms with E-state index in [1.807, 2.05) is 68.4 Å². The molecule has 0 aliphatic heterocycles. The number of aromatic amines is 1. The second-order valence-corrected chi connectivity index (χ2v) is 11.5. The first kappa shape index (κ1) is 32.7. The summed E-state index contributed by atoms with van der Waals surface area (Å²) in [4.78, 5) is 56.3. The van der Waals surface area contributed by atoms with E-state index in [1.54, 1.807) is 29.9 Å². The molecule has 3 aromatic carbocycles. The van der Waals surface area contributed by atoms with Gasteiger partial charge in [-0.15, -0.1) is 11.3 Å². The Hall–Kier alpha value is -3.65. The van der Waals surface area contributed by atoms with E-state index in [0.29, 0.717) is 39.3 Å². The van der Waals surface area contributed by atoms with Crippen LogP contribution in [0.1, 0.15) is 34.7 Å². The number of methoxy groups -OCH3 is 1. The van der Waals surface area contributed by atoms with Crippen molar-refractivity contribution >= 4 is 27.3 Å². The summed E-state index contributed by atoms with van der Waals surface area (Å²) < 4.78 is 12.6. The number of carbonyl (C=O) groups excluding carboxylic acids is 1. The first-order valence-corrected chi connectivity index (χ1v) is 14.8. The van der Waals surface area contributed by atoms with E-state index in [0.717, 1.165) is 31.7 Å². The molecule has 3 aromatic heterocycles. The minimum atomic E-state index is -0.635. The molecule has 6 rings (SSSR count). The number of carbonyl (C=O) groups is 1. The zero-order valence-electron chi connectivity index (χ0n) is 26.2. The predicted octanol–water partition coefficient (Wildman–Crippen LogP) is 2.16. The molecule has 1 N–H and O–H groups in total. The van der Waals surface area contributed by atoms with Gasteiger partial charge in [0, 0.05) is 16.0 Å². The fourth-order valence-electron chi connectivity index (χ4n) is 5.25. The van der Waals surface area contributed by atoms with Crippen molar-refractivity contribution in [2.45, 2.75) is 33.4 Å². The number of aromatic nitrogens is 4. The van der Waals surface area contributed by atoms with E-state index in [-0.39, 0.29) is 71.7 Å². The fourth-order valence-corrected chi connectivity index (χ4v) is 6.33. The van der Waals surface area contributed by atoms with Gasteiger partial charge in [0.05, 0.1) is 25.6 Å². The van der Waals surface area contributed by atoms with Gasteiger partial charge in [-0.05, 0) is 59.9 Å². The van der Waals surface area contributed by atoms with Gasteiger partial charge in [-0.1, -0.05) is 60.6 Å². The van der Waals surface area contributed by atoms with Crippen LogP contribution in [0.15, 0.2) is 91.7 Å². The van der Waals surface area contributed by atoms with Gasteiger partial charge in [-0.2, -0.15) is 0 Å². The minimum absolute atomic E-state index is 0. The quantitative estimate of drug-likeness (QED) is 0.188. The number of nitrogens with one attached hydrogen (secondary N) is 1. The molecule has 12 heteroatoms. The molecule has 224 valence electrons. The van der Waals surface area contributed by atoms with Crippen LogP contribution >= 0.6 is 11.3 Å². The Morgan fingerprint density at radius 2 is 1.73 bits per heavy atom. The topological polar surface area (TPSA) is 129 Å². The number of H-pyrrole nitrogens is 1. The van der Waals surface area contributed by atoms with Crippen molar-refractivity contribution < 1.29 is 66.9 Å². The van der Waals surface area contributed by atoms with Crippen LogP contribution in [0.5, 0.6) is 5.75 Å². The smallest absolute Gasteiger partial charge is 1.00 e. The molecule has 0 saturated heterocycles. The summed E-state index contributed by atoms with van der Waals surface area (Å²) in [5.74, 6) is -0.00256. The van der Waals surface area contributed by atoms with E-state index in [4.69, 9.17) is 9.26 Å². The molecule has 10 nitrogen and oxygen atoms in total. The zero-order valence-corrected chi connectivity index (χ0v) is 29.2. The van der Waals surface area contributed by atoms with Gasteiger partial charge in [0.25, 0.3) is 5.56 Å². The summed E-state index contributed by atoms with van der Waals surface area (Å²) >= 11 is 1.41. The molecule has 0 bridgehead atoms. The van der Waals surface area contributed by atoms with Crippen LogP contribution < -0.4 is 73.1 Å². The van der Waals surface area contributed by atoms with Crippen LogP contribution in [0.4, 0.5) is 0 Å². The first-order chi connectivity index (χ1) is 21.3. The predicted molar refractivity (Wildman–Crippen MR) is 170 cm³/mol. The normalized spacial score (nSPS) is 11.0. The Labute approximate surface area is 305 Å². The van der Waals surface area contributed by atoms with Crippen LogP contribution in [-0.4, -0.2) is 32.2 Å². The fraction of sp³-hybridized carbons (Fsp3) is 0.182. The van der Waals surface area contributed by atoms with E-state index in [1.165, 1.54) is 11.3 Å². The number of thiophene rings is 1. The minimum Gasteiger partial charge on any atom is -1.00 e. The van der Waals surface area contributed by atoms with Gasteiger partial charge in [0.2, 0.25) is 0 Å². The second kappa shape index (κ2) is 13.8. The molecule has 0 radical (unpaired) electrons. The van der Waals surface area contributed by atoms with Crippen LogP contribution in [0.25, 0.3) is 32.7 Å². The molecule has 0 saturated carbocycles. The number of ether oxygens (including phenoxy) is 1. The molecule has 0 unspecified atom stereocenters. The molecule has 0 amide bonds. The van der Waals surface area contributed by atoms with Crippen LogP contribution in [0.2, 0.25) is 0 Å². The third-order valence-corrected chi connectivity index (χ3v) is 8.84. The average molecular weight is 649 g/mol. The third-order valence-electron chi connectivity index (χ3n) is 7.54. The zero-order chi connectivity index (χ0) is 31.0. The van der Waals surface area contributed by atoms with E-state index >= 15 is 0 Å². The number of fused-ring (bicyclic) bond motifs is 1. The maximum atomic E-state index is 13.8. The molecule has 3 heterocycles. The summed E-state index contributed by atoms with van der Waals surface area (Å²) in [6, 6.07) is 22.0. The number of benzene rings is 3. The summed E-state index contributed by atoms with van der Waals surface area (Å²) in [5, 5.41) is 4.24. The van der Waals surface area contributed by atoms with Gasteiger partial charge < -0.3 is 6.16 Å². The van der Waals surface area contributed by atoms with E-state index in [9.17, 15) is 19.2 Å². The van der Waals surface area contributed by atoms with Crippen LogP contribution in [0, 0.1) is 6.92 Å². The van der Waals surface area contributed by atoms with Crippen molar-refractivity contribution in [3.63, 3.8) is 0 Å². The summed E-state index contributed by atoms with van der Waals surface area (Å²) in [6.45, 7) is 3.65. The maximum absolute atomic E-state index is 13.8. The van der Waals surface area contributed by atoms with Gasteiger partial charge >= 0.3 is 62.8 Å². The number of hydrogen-bond donors (Lipinski definition) is 1. The number of Topliss-reactive ketones (excluding diaryl/α,β-unsaturated/α-hetero) is 1. The average Bonchev–Trinajstić information content (AvgIpc) is 3.68. The Bertz CT molecular complexity index is 2210. The van der Waals surface area contributed by atoms with Crippen molar-refractivity contribution in [3.8, 4) is 28.3 Å². The molecular weight excluding hydrogens is 620 g/mol. The van der Waals surface area contributed by atoms with Crippen molar-refractivity contribution in [2.75, 3.05) is 7.11 Å². The van der Waals surface area contributed by atoms with Crippen molar-refractivity contribution in [1.82, 2.24) is 19.3 Å². The monoisotopic (exact) mass is 648 g/mol. The Balaban J connectivity index is 0.00000240. The van der Waals surface area contributed by atoms with E-state index in [2.05, 4.69) is 10.1 Å². The van der Waals surface area contributed by atoms with Crippen molar-refractivity contribution in [1.29, 1.82) is 0 Å². The summed E-state index contributed by atoms with van der Waals surface area (Å²) in [5.41, 5.74) is 3.41. The number of ketones is 1. The van der Waals surface area contributed by atoms with Gasteiger partial charge in [0.1, 0.15) is 10.6 Å². The SMILES string of the molecule is CCc1cc2c(=O)n(CC(=O)c3ccc(OC)c(C)c3)c(=O)n(Cc3ccc(-c4ccccc4-c4noc(=O)[nH]4)cc3)c2s1.[H-].[K+]. The third kappa shape index (κ3) is 6.53. The van der Waals surface area contributed by atoms with Gasteiger partial charge in [-0.3, -0.25) is 28.2 Å². The molecule has 6 aromatic rings. The summed E-state index contributed by atoms with van der Waals surface area (Å²) in [7, 11) is 1.56.